The topological polar surface area (TPSA) is 107 Å². The number of sulfone groups is 3. The standard InChI is InChI=1S/C23H24F14NO6S3/c1-16(2)10-13(11-17(3,4)38(16)5)12-6-8-14(9-7-12)45(39,40)15(46(41,42)22(34,35)18(24,25)20(28,29)30)47(43,44)23(36,37)19(26,27)21(31,32)33/h6-9,13H,10-11H2,1-5H3/q-1/p+1. The summed E-state index contributed by atoms with van der Waals surface area (Å²) in [6.45, 7) is 7.22. The van der Waals surface area contributed by atoms with Crippen LogP contribution >= 0.6 is 0 Å². The molecule has 0 bridgehead atoms. The fraction of sp³-hybridized carbons (Fsp3) is 0.696. The summed E-state index contributed by atoms with van der Waals surface area (Å²) in [5.41, 5.74) is -0.900. The lowest BCUT2D eigenvalue weighted by molar-refractivity contribution is -0.982. The molecule has 1 aromatic rings. The number of hydrogen-bond donors (Lipinski definition) is 1. The maximum atomic E-state index is 14.4. The summed E-state index contributed by atoms with van der Waals surface area (Å²) in [7, 11) is -23.6. The summed E-state index contributed by atoms with van der Waals surface area (Å²) >= 11 is 0. The maximum Gasteiger partial charge on any atom is 0.461 e. The molecule has 0 unspecified atom stereocenters. The van der Waals surface area contributed by atoms with Gasteiger partial charge in [0.2, 0.25) is 0 Å². The average Bonchev–Trinajstić information content (AvgIpc) is 2.84. The Bertz CT molecular complexity index is 1600. The van der Waals surface area contributed by atoms with Crippen molar-refractivity contribution in [1.82, 2.24) is 0 Å². The molecular weight excluding hydrogens is 748 g/mol. The smallest absolute Gasteiger partial charge is 0.329 e. The Kier molecular flexibility index (Phi) is 9.90. The number of nitrogens with one attached hydrogen (secondary N) is 1. The van der Waals surface area contributed by atoms with E-state index in [-0.39, 0.29) is 17.7 Å². The number of benzene rings is 1. The first-order valence-electron chi connectivity index (χ1n) is 12.5. The third kappa shape index (κ3) is 6.20. The molecule has 0 atom stereocenters. The van der Waals surface area contributed by atoms with Crippen LogP contribution in [0.15, 0.2) is 29.2 Å². The van der Waals surface area contributed by atoms with Crippen molar-refractivity contribution in [3.05, 3.63) is 33.7 Å². The summed E-state index contributed by atoms with van der Waals surface area (Å²) in [4.78, 5) is -1.05. The molecule has 1 fully saturated rings. The molecule has 1 N–H and O–H groups in total. The van der Waals surface area contributed by atoms with E-state index in [1.807, 2.05) is 7.05 Å². The normalized spacial score (nSPS) is 22.4. The quantitative estimate of drug-likeness (QED) is 0.271. The average molecular weight is 774 g/mol. The Hall–Kier alpha value is -1.95. The molecule has 1 heterocycles. The summed E-state index contributed by atoms with van der Waals surface area (Å²) in [5.74, 6) is -16.6. The summed E-state index contributed by atoms with van der Waals surface area (Å²) in [5, 5.41) is -16.2. The van der Waals surface area contributed by atoms with Crippen LogP contribution < -0.4 is 4.90 Å². The molecule has 2 rings (SSSR count). The number of rotatable bonds is 9. The third-order valence-corrected chi connectivity index (χ3v) is 16.0. The predicted octanol–water partition coefficient (Wildman–Crippen LogP) is 5.27. The molecule has 0 saturated carbocycles. The van der Waals surface area contributed by atoms with Crippen molar-refractivity contribution >= 4 is 29.5 Å². The number of quaternary nitrogens is 1. The second-order valence-corrected chi connectivity index (χ2v) is 18.5. The second kappa shape index (κ2) is 11.3. The van der Waals surface area contributed by atoms with Crippen LogP contribution in [0.2, 0.25) is 0 Å². The van der Waals surface area contributed by atoms with Crippen molar-refractivity contribution in [3.63, 3.8) is 0 Å². The summed E-state index contributed by atoms with van der Waals surface area (Å²) in [6, 6.07) is 1.57. The first-order chi connectivity index (χ1) is 20.3. The fourth-order valence-electron chi connectivity index (χ4n) is 5.09. The van der Waals surface area contributed by atoms with E-state index < -0.39 is 90.0 Å². The molecule has 0 radical (unpaired) electrons. The van der Waals surface area contributed by atoms with E-state index in [1.54, 1.807) is 27.7 Å². The Balaban J connectivity index is 2.94. The van der Waals surface area contributed by atoms with Gasteiger partial charge in [-0.25, -0.2) is 0 Å². The van der Waals surface area contributed by atoms with Crippen molar-refractivity contribution < 1.29 is 91.6 Å². The van der Waals surface area contributed by atoms with Gasteiger partial charge in [0.1, 0.15) is 19.7 Å². The van der Waals surface area contributed by atoms with Crippen LogP contribution in [0, 0.1) is 3.91 Å². The molecule has 1 aliphatic heterocycles. The zero-order valence-electron chi connectivity index (χ0n) is 24.3. The maximum absolute atomic E-state index is 14.4. The van der Waals surface area contributed by atoms with E-state index in [1.165, 1.54) is 0 Å². The first kappa shape index (κ1) is 41.2. The van der Waals surface area contributed by atoms with Gasteiger partial charge in [-0.2, -0.15) is 61.5 Å². The van der Waals surface area contributed by atoms with Crippen molar-refractivity contribution in [2.24, 2.45) is 0 Å². The van der Waals surface area contributed by atoms with Crippen LogP contribution in [0.3, 0.4) is 0 Å². The van der Waals surface area contributed by atoms with Gasteiger partial charge in [0.25, 0.3) is 0 Å². The largest absolute Gasteiger partial charge is 0.461 e. The van der Waals surface area contributed by atoms with Crippen molar-refractivity contribution in [2.75, 3.05) is 7.05 Å². The van der Waals surface area contributed by atoms with Crippen LogP contribution in [0.1, 0.15) is 52.0 Å². The van der Waals surface area contributed by atoms with E-state index in [0.29, 0.717) is 25.0 Å². The van der Waals surface area contributed by atoms with E-state index in [0.717, 1.165) is 4.90 Å². The molecule has 7 nitrogen and oxygen atoms in total. The SMILES string of the molecule is C[NH+]1C(C)(C)CC(c2ccc(S(=O)(=O)[C-](S(=O)(=O)C(F)(F)C(F)(F)C(F)(F)F)S(=O)(=O)C(F)(F)C(F)(F)C(F)(F)F)cc2)CC1(C)C. The molecule has 0 amide bonds. The van der Waals surface area contributed by atoms with E-state index >= 15 is 0 Å². The Morgan fingerprint density at radius 3 is 1.19 bits per heavy atom. The van der Waals surface area contributed by atoms with Gasteiger partial charge >= 0.3 is 34.7 Å². The molecular formula is C23H25F14NO6S3. The highest BCUT2D eigenvalue weighted by atomic mass is 32.3. The molecule has 0 aromatic heterocycles. The van der Waals surface area contributed by atoms with Crippen LogP contribution in [-0.2, 0) is 29.5 Å². The number of piperidine rings is 1. The van der Waals surface area contributed by atoms with Crippen molar-refractivity contribution in [1.29, 1.82) is 0 Å². The van der Waals surface area contributed by atoms with Crippen molar-refractivity contribution in [3.8, 4) is 0 Å². The molecule has 1 aromatic carbocycles. The van der Waals surface area contributed by atoms with Crippen LogP contribution in [0.25, 0.3) is 0 Å². The summed E-state index contributed by atoms with van der Waals surface area (Å²) in [6.07, 6.45) is -14.8. The molecule has 24 heteroatoms. The van der Waals surface area contributed by atoms with Crippen LogP contribution in [0.5, 0.6) is 0 Å². The lowest BCUT2D eigenvalue weighted by Crippen LogP contribution is -3.24. The lowest BCUT2D eigenvalue weighted by Gasteiger charge is -2.50. The third-order valence-electron chi connectivity index (χ3n) is 7.98. The zero-order chi connectivity index (χ0) is 37.6. The molecule has 1 aliphatic rings. The second-order valence-electron chi connectivity index (χ2n) is 12.0. The molecule has 47 heavy (non-hydrogen) atoms. The Morgan fingerprint density at radius 1 is 0.617 bits per heavy atom. The Morgan fingerprint density at radius 2 is 0.915 bits per heavy atom. The van der Waals surface area contributed by atoms with Crippen molar-refractivity contribution in [2.45, 2.75) is 97.1 Å². The molecule has 0 spiro atoms. The Labute approximate surface area is 259 Å². The van der Waals surface area contributed by atoms with Crippen LogP contribution in [0.4, 0.5) is 61.5 Å². The number of likely N-dealkylation sites (tertiary alicyclic amines) is 1. The molecule has 1 saturated heterocycles. The van der Waals surface area contributed by atoms with Gasteiger partial charge in [-0.15, -0.1) is 0 Å². The van der Waals surface area contributed by atoms with Gasteiger partial charge in [0.05, 0.1) is 31.9 Å². The highest BCUT2D eigenvalue weighted by molar-refractivity contribution is 8.29. The van der Waals surface area contributed by atoms with Gasteiger partial charge < -0.3 is 4.90 Å². The highest BCUT2D eigenvalue weighted by Crippen LogP contribution is 2.58. The van der Waals surface area contributed by atoms with E-state index in [2.05, 4.69) is 0 Å². The first-order valence-corrected chi connectivity index (χ1v) is 17.0. The zero-order valence-corrected chi connectivity index (χ0v) is 26.7. The number of alkyl halides is 14. The minimum absolute atomic E-state index is 0.0843. The van der Waals surface area contributed by atoms with Gasteiger partial charge in [0, 0.05) is 17.7 Å². The predicted molar refractivity (Wildman–Crippen MR) is 134 cm³/mol. The van der Waals surface area contributed by atoms with Gasteiger partial charge in [0.15, 0.2) is 0 Å². The summed E-state index contributed by atoms with van der Waals surface area (Å²) < 4.78 is 260. The number of halogens is 14. The van der Waals surface area contributed by atoms with E-state index in [9.17, 15) is 86.7 Å². The molecule has 274 valence electrons. The molecule has 0 aliphatic carbocycles. The fourth-order valence-corrected chi connectivity index (χ4v) is 12.4. The highest BCUT2D eigenvalue weighted by Gasteiger charge is 2.82. The minimum Gasteiger partial charge on any atom is -0.329 e. The monoisotopic (exact) mass is 773 g/mol. The lowest BCUT2D eigenvalue weighted by atomic mass is 9.72. The van der Waals surface area contributed by atoms with Crippen LogP contribution in [-0.4, -0.2) is 78.1 Å². The van der Waals surface area contributed by atoms with Gasteiger partial charge in [-0.3, -0.25) is 25.3 Å². The van der Waals surface area contributed by atoms with Gasteiger partial charge in [-0.1, -0.05) is 12.1 Å². The van der Waals surface area contributed by atoms with Gasteiger partial charge in [-0.05, 0) is 51.3 Å². The minimum atomic E-state index is -9.01. The number of hydrogen-bond acceptors (Lipinski definition) is 6. The van der Waals surface area contributed by atoms with E-state index in [4.69, 9.17) is 0 Å².